The van der Waals surface area contributed by atoms with E-state index in [-0.39, 0.29) is 5.82 Å². The molecular weight excluding hydrogens is 387 g/mol. The van der Waals surface area contributed by atoms with Crippen LogP contribution in [0, 0.1) is 12.7 Å². The van der Waals surface area contributed by atoms with Crippen molar-refractivity contribution >= 4 is 22.3 Å². The van der Waals surface area contributed by atoms with Crippen molar-refractivity contribution in [2.45, 2.75) is 32.6 Å². The minimum Gasteiger partial charge on any atom is -0.316 e. The Morgan fingerprint density at radius 2 is 2.07 bits per heavy atom. The van der Waals surface area contributed by atoms with Crippen LogP contribution >= 0.6 is 11.3 Å². The molecule has 0 saturated carbocycles. The van der Waals surface area contributed by atoms with Gasteiger partial charge < -0.3 is 9.88 Å². The van der Waals surface area contributed by atoms with Gasteiger partial charge in [-0.25, -0.2) is 14.4 Å². The molecule has 0 radical (unpaired) electrons. The number of benzene rings is 1. The molecule has 1 N–H and O–H groups in total. The molecule has 0 spiro atoms. The highest BCUT2D eigenvalue weighted by Crippen LogP contribution is 2.32. The average molecular weight is 409 g/mol. The van der Waals surface area contributed by atoms with Crippen LogP contribution in [0.25, 0.3) is 16.9 Å². The second kappa shape index (κ2) is 7.11. The summed E-state index contributed by atoms with van der Waals surface area (Å²) in [6, 6.07) is 5.17. The number of imidazole rings is 1. The quantitative estimate of drug-likeness (QED) is 0.527. The van der Waals surface area contributed by atoms with Crippen molar-refractivity contribution in [1.29, 1.82) is 0 Å². The number of aromatic nitrogens is 5. The first kappa shape index (κ1) is 18.1. The molecule has 3 aromatic heterocycles. The zero-order chi connectivity index (χ0) is 20.0. The smallest absolute Gasteiger partial charge is 0.188 e. The molecule has 29 heavy (non-hydrogen) atoms. The van der Waals surface area contributed by atoms with Gasteiger partial charge in [0, 0.05) is 29.8 Å². The van der Waals surface area contributed by atoms with Crippen molar-refractivity contribution in [2.75, 3.05) is 5.32 Å². The maximum absolute atomic E-state index is 14.7. The summed E-state index contributed by atoms with van der Waals surface area (Å²) in [4.78, 5) is 8.83. The van der Waals surface area contributed by atoms with Crippen LogP contribution in [0.4, 0.5) is 15.3 Å². The number of aryl methyl sites for hydroxylation is 3. The van der Waals surface area contributed by atoms with E-state index in [9.17, 15) is 4.39 Å². The fraction of sp³-hybridized carbons (Fsp3) is 0.286. The molecule has 0 atom stereocenters. The van der Waals surface area contributed by atoms with Gasteiger partial charge in [0.2, 0.25) is 0 Å². The van der Waals surface area contributed by atoms with Crippen LogP contribution < -0.4 is 5.32 Å². The topological polar surface area (TPSA) is 60.6 Å². The number of hydrogen-bond donors (Lipinski definition) is 1. The number of nitrogens with zero attached hydrogens (tertiary/aromatic N) is 5. The average Bonchev–Trinajstić information content (AvgIpc) is 3.42. The third-order valence-electron chi connectivity index (χ3n) is 5.28. The Kier molecular flexibility index (Phi) is 4.43. The lowest BCUT2D eigenvalue weighted by Gasteiger charge is -2.11. The van der Waals surface area contributed by atoms with Crippen molar-refractivity contribution in [3.05, 3.63) is 58.9 Å². The van der Waals surface area contributed by atoms with Crippen LogP contribution in [0.1, 0.15) is 29.8 Å². The number of nitrogens with one attached hydrogen (secondary N) is 1. The van der Waals surface area contributed by atoms with Gasteiger partial charge in [-0.3, -0.25) is 4.68 Å². The largest absolute Gasteiger partial charge is 0.316 e. The molecule has 0 fully saturated rings. The summed E-state index contributed by atoms with van der Waals surface area (Å²) in [5.41, 5.74) is 5.30. The van der Waals surface area contributed by atoms with Gasteiger partial charge in [0.1, 0.15) is 11.6 Å². The van der Waals surface area contributed by atoms with E-state index in [1.165, 1.54) is 41.5 Å². The fourth-order valence-electron chi connectivity index (χ4n) is 3.83. The Morgan fingerprint density at radius 1 is 1.21 bits per heavy atom. The highest BCUT2D eigenvalue weighted by molar-refractivity contribution is 7.14. The van der Waals surface area contributed by atoms with E-state index in [1.54, 1.807) is 23.2 Å². The first-order valence-electron chi connectivity index (χ1n) is 9.66. The van der Waals surface area contributed by atoms with Crippen LogP contribution in [0.2, 0.25) is 0 Å². The Hall–Kier alpha value is -3.00. The van der Waals surface area contributed by atoms with Gasteiger partial charge in [-0.1, -0.05) is 6.07 Å². The van der Waals surface area contributed by atoms with Gasteiger partial charge >= 0.3 is 0 Å². The van der Waals surface area contributed by atoms with Gasteiger partial charge in [0.05, 0.1) is 29.1 Å². The lowest BCUT2D eigenvalue weighted by molar-refractivity contribution is 0.618. The summed E-state index contributed by atoms with van der Waals surface area (Å²) in [7, 11) is 1.96. The maximum Gasteiger partial charge on any atom is 0.188 e. The first-order chi connectivity index (χ1) is 14.1. The van der Waals surface area contributed by atoms with Gasteiger partial charge in [-0.05, 0) is 44.7 Å². The molecule has 0 bridgehead atoms. The van der Waals surface area contributed by atoms with E-state index in [0.717, 1.165) is 40.7 Å². The Labute approximate surface area is 172 Å². The van der Waals surface area contributed by atoms with Crippen molar-refractivity contribution < 1.29 is 4.39 Å². The van der Waals surface area contributed by atoms with E-state index in [2.05, 4.69) is 20.4 Å². The third-order valence-corrected chi connectivity index (χ3v) is 6.04. The third kappa shape index (κ3) is 3.33. The van der Waals surface area contributed by atoms with E-state index in [1.807, 2.05) is 30.1 Å². The molecule has 3 heterocycles. The SMILES string of the molecule is Cc1cn(-c2ccc(-c3csc(Nc4c5c(nn4C)CCCC5)n3)cc2F)cn1. The number of hydrogen-bond acceptors (Lipinski definition) is 5. The van der Waals surface area contributed by atoms with Gasteiger partial charge in [0.15, 0.2) is 5.13 Å². The molecule has 0 unspecified atom stereocenters. The summed E-state index contributed by atoms with van der Waals surface area (Å²) in [6.45, 7) is 1.88. The fourth-order valence-corrected chi connectivity index (χ4v) is 4.55. The number of anilines is 2. The van der Waals surface area contributed by atoms with Crippen LogP contribution in [0.5, 0.6) is 0 Å². The first-order valence-corrected chi connectivity index (χ1v) is 10.5. The zero-order valence-electron chi connectivity index (χ0n) is 16.3. The van der Waals surface area contributed by atoms with E-state index in [4.69, 9.17) is 0 Å². The molecule has 8 heteroatoms. The molecular formula is C21H21FN6S. The normalized spacial score (nSPS) is 13.5. The van der Waals surface area contributed by atoms with Gasteiger partial charge in [0.25, 0.3) is 0 Å². The molecule has 0 amide bonds. The molecule has 0 saturated heterocycles. The Morgan fingerprint density at radius 3 is 2.86 bits per heavy atom. The zero-order valence-corrected chi connectivity index (χ0v) is 17.1. The van der Waals surface area contributed by atoms with Gasteiger partial charge in [-0.15, -0.1) is 11.3 Å². The second-order valence-electron chi connectivity index (χ2n) is 7.36. The molecule has 4 aromatic rings. The van der Waals surface area contributed by atoms with Crippen LogP contribution in [-0.2, 0) is 19.9 Å². The molecule has 1 aliphatic rings. The number of rotatable bonds is 4. The molecule has 1 aliphatic carbocycles. The predicted molar refractivity (Wildman–Crippen MR) is 112 cm³/mol. The molecule has 5 rings (SSSR count). The summed E-state index contributed by atoms with van der Waals surface area (Å²) < 4.78 is 18.3. The highest BCUT2D eigenvalue weighted by atomic mass is 32.1. The minimum atomic E-state index is -0.303. The number of thiazole rings is 1. The second-order valence-corrected chi connectivity index (χ2v) is 8.21. The van der Waals surface area contributed by atoms with Crippen LogP contribution in [-0.4, -0.2) is 24.3 Å². The lowest BCUT2D eigenvalue weighted by Crippen LogP contribution is -2.03. The van der Waals surface area contributed by atoms with E-state index < -0.39 is 0 Å². The van der Waals surface area contributed by atoms with Crippen LogP contribution in [0.15, 0.2) is 36.1 Å². The molecule has 6 nitrogen and oxygen atoms in total. The lowest BCUT2D eigenvalue weighted by atomic mass is 9.97. The van der Waals surface area contributed by atoms with E-state index >= 15 is 0 Å². The Bertz CT molecular complexity index is 1190. The minimum absolute atomic E-state index is 0.303. The van der Waals surface area contributed by atoms with Crippen LogP contribution in [0.3, 0.4) is 0 Å². The number of fused-ring (bicyclic) bond motifs is 1. The predicted octanol–water partition coefficient (Wildman–Crippen LogP) is 4.80. The van der Waals surface area contributed by atoms with Crippen molar-refractivity contribution in [1.82, 2.24) is 24.3 Å². The molecule has 148 valence electrons. The van der Waals surface area contributed by atoms with Crippen molar-refractivity contribution in [2.24, 2.45) is 7.05 Å². The Balaban J connectivity index is 1.41. The van der Waals surface area contributed by atoms with E-state index in [0.29, 0.717) is 5.69 Å². The number of halogens is 1. The molecule has 0 aliphatic heterocycles. The summed E-state index contributed by atoms with van der Waals surface area (Å²) in [5.74, 6) is 0.709. The maximum atomic E-state index is 14.7. The highest BCUT2D eigenvalue weighted by Gasteiger charge is 2.20. The summed E-state index contributed by atoms with van der Waals surface area (Å²) >= 11 is 1.51. The monoisotopic (exact) mass is 408 g/mol. The van der Waals surface area contributed by atoms with Gasteiger partial charge in [-0.2, -0.15) is 5.10 Å². The van der Waals surface area contributed by atoms with Crippen molar-refractivity contribution in [3.8, 4) is 16.9 Å². The molecule has 1 aromatic carbocycles. The summed E-state index contributed by atoms with van der Waals surface area (Å²) in [6.07, 6.45) is 7.90. The standard InChI is InChI=1S/C21H21FN6S/c1-13-10-28(12-23-13)19-8-7-14(9-16(19)22)18-11-29-21(24-18)25-20-15-5-3-4-6-17(15)26-27(20)2/h7-12H,3-6H2,1-2H3,(H,24,25). The summed E-state index contributed by atoms with van der Waals surface area (Å²) in [5, 5.41) is 10.8. The van der Waals surface area contributed by atoms with Crippen molar-refractivity contribution in [3.63, 3.8) is 0 Å².